The van der Waals surface area contributed by atoms with Crippen molar-refractivity contribution in [2.45, 2.75) is 6.10 Å². The van der Waals surface area contributed by atoms with E-state index in [1.807, 2.05) is 0 Å². The summed E-state index contributed by atoms with van der Waals surface area (Å²) in [5.41, 5.74) is 5.03. The van der Waals surface area contributed by atoms with Crippen LogP contribution in [0.1, 0.15) is 5.56 Å². The minimum absolute atomic E-state index is 0.0395. The number of fused-ring (bicyclic) bond motifs is 1. The van der Waals surface area contributed by atoms with Gasteiger partial charge in [-0.25, -0.2) is 4.39 Å². The highest BCUT2D eigenvalue weighted by Crippen LogP contribution is 2.30. The summed E-state index contributed by atoms with van der Waals surface area (Å²) in [7, 11) is 0. The van der Waals surface area contributed by atoms with Gasteiger partial charge in [0.2, 0.25) is 6.10 Å². The zero-order chi connectivity index (χ0) is 17.6. The van der Waals surface area contributed by atoms with Crippen LogP contribution in [0.15, 0.2) is 54.6 Å². The van der Waals surface area contributed by atoms with E-state index in [-0.39, 0.29) is 6.61 Å². The normalized spacial score (nSPS) is 15.6. The van der Waals surface area contributed by atoms with Gasteiger partial charge in [0.25, 0.3) is 11.8 Å². The summed E-state index contributed by atoms with van der Waals surface area (Å²) in [4.78, 5) is 23.7. The van der Waals surface area contributed by atoms with Crippen LogP contribution >= 0.6 is 0 Å². The van der Waals surface area contributed by atoms with Gasteiger partial charge in [-0.05, 0) is 35.9 Å². The van der Waals surface area contributed by atoms with Crippen molar-refractivity contribution in [1.82, 2.24) is 10.9 Å². The molecule has 1 atom stereocenters. The molecule has 3 rings (SSSR count). The van der Waals surface area contributed by atoms with Gasteiger partial charge in [-0.2, -0.15) is 0 Å². The minimum atomic E-state index is -0.873. The molecular weight excluding hydrogens is 327 g/mol. The van der Waals surface area contributed by atoms with Gasteiger partial charge in [0.05, 0.1) is 0 Å². The summed E-state index contributed by atoms with van der Waals surface area (Å²) >= 11 is 0. The van der Waals surface area contributed by atoms with Crippen LogP contribution in [0.25, 0.3) is 6.08 Å². The fourth-order valence-corrected chi connectivity index (χ4v) is 2.18. The molecule has 25 heavy (non-hydrogen) atoms. The number of rotatable bonds is 3. The first-order valence-corrected chi connectivity index (χ1v) is 7.54. The van der Waals surface area contributed by atoms with E-state index in [9.17, 15) is 14.0 Å². The lowest BCUT2D eigenvalue weighted by atomic mass is 10.2. The van der Waals surface area contributed by atoms with Crippen molar-refractivity contribution in [2.75, 3.05) is 6.61 Å². The lowest BCUT2D eigenvalue weighted by Gasteiger charge is -2.25. The number of hydrazine groups is 1. The molecule has 0 spiro atoms. The summed E-state index contributed by atoms with van der Waals surface area (Å²) in [5.74, 6) is -0.470. The number of halogens is 1. The van der Waals surface area contributed by atoms with Crippen molar-refractivity contribution in [3.8, 4) is 11.5 Å². The van der Waals surface area contributed by atoms with Crippen LogP contribution in [-0.2, 0) is 9.59 Å². The van der Waals surface area contributed by atoms with Crippen molar-refractivity contribution < 1.29 is 23.5 Å². The number of hydrogen-bond donors (Lipinski definition) is 2. The van der Waals surface area contributed by atoms with Gasteiger partial charge in [-0.15, -0.1) is 0 Å². The van der Waals surface area contributed by atoms with Gasteiger partial charge >= 0.3 is 0 Å². The summed E-state index contributed by atoms with van der Waals surface area (Å²) in [6.07, 6.45) is 1.74. The van der Waals surface area contributed by atoms with E-state index >= 15 is 0 Å². The Morgan fingerprint density at radius 3 is 2.68 bits per heavy atom. The van der Waals surface area contributed by atoms with Gasteiger partial charge in [0, 0.05) is 6.08 Å². The highest BCUT2D eigenvalue weighted by Gasteiger charge is 2.27. The second-order valence-corrected chi connectivity index (χ2v) is 5.23. The monoisotopic (exact) mass is 342 g/mol. The Bertz CT molecular complexity index is 822. The third-order valence-corrected chi connectivity index (χ3v) is 3.39. The summed E-state index contributed by atoms with van der Waals surface area (Å²) in [6.45, 7) is 0.0395. The van der Waals surface area contributed by atoms with Crippen LogP contribution in [0.4, 0.5) is 4.39 Å². The predicted octanol–water partition coefficient (Wildman–Crippen LogP) is 1.83. The zero-order valence-electron chi connectivity index (χ0n) is 13.1. The highest BCUT2D eigenvalue weighted by atomic mass is 19.1. The Balaban J connectivity index is 1.50. The number of carbonyl (C=O) groups is 2. The highest BCUT2D eigenvalue weighted by molar-refractivity contribution is 5.93. The smallest absolute Gasteiger partial charge is 0.283 e. The number of nitrogens with one attached hydrogen (secondary N) is 2. The number of ether oxygens (including phenoxy) is 2. The van der Waals surface area contributed by atoms with Gasteiger partial charge in [-0.1, -0.05) is 24.3 Å². The zero-order valence-corrected chi connectivity index (χ0v) is 13.1. The molecule has 0 radical (unpaired) electrons. The Morgan fingerprint density at radius 2 is 1.88 bits per heavy atom. The van der Waals surface area contributed by atoms with Crippen molar-refractivity contribution in [2.24, 2.45) is 0 Å². The Kier molecular flexibility index (Phi) is 4.94. The molecular formula is C18H15FN2O4. The van der Waals surface area contributed by atoms with E-state index in [1.165, 1.54) is 30.4 Å². The van der Waals surface area contributed by atoms with Crippen LogP contribution < -0.4 is 20.3 Å². The minimum Gasteiger partial charge on any atom is -0.485 e. The molecule has 0 aliphatic carbocycles. The maximum atomic E-state index is 13.0. The van der Waals surface area contributed by atoms with Crippen LogP contribution in [0.3, 0.4) is 0 Å². The third-order valence-electron chi connectivity index (χ3n) is 3.39. The van der Waals surface area contributed by atoms with Crippen molar-refractivity contribution in [3.63, 3.8) is 0 Å². The SMILES string of the molecule is O=C(/C=C/c1cccc(F)c1)NNC(=O)[C@@H]1COc2ccccc2O1. The van der Waals surface area contributed by atoms with Crippen molar-refractivity contribution in [1.29, 1.82) is 0 Å². The van der Waals surface area contributed by atoms with Crippen LogP contribution in [0.5, 0.6) is 11.5 Å². The molecule has 0 saturated carbocycles. The molecule has 2 amide bonds. The molecule has 2 N–H and O–H groups in total. The van der Waals surface area contributed by atoms with Crippen molar-refractivity contribution in [3.05, 3.63) is 66.0 Å². The topological polar surface area (TPSA) is 76.7 Å². The predicted molar refractivity (Wildman–Crippen MR) is 88.1 cm³/mol. The quantitative estimate of drug-likeness (QED) is 0.659. The average Bonchev–Trinajstić information content (AvgIpc) is 2.64. The lowest BCUT2D eigenvalue weighted by molar-refractivity contribution is -0.134. The molecule has 2 aromatic carbocycles. The van der Waals surface area contributed by atoms with Crippen molar-refractivity contribution >= 4 is 17.9 Å². The molecule has 0 unspecified atom stereocenters. The van der Waals surface area contributed by atoms with Gasteiger partial charge in [0.15, 0.2) is 11.5 Å². The maximum absolute atomic E-state index is 13.0. The van der Waals surface area contributed by atoms with Crippen LogP contribution in [0, 0.1) is 5.82 Å². The lowest BCUT2D eigenvalue weighted by Crippen LogP contribution is -2.50. The molecule has 7 heteroatoms. The van der Waals surface area contributed by atoms with E-state index in [0.29, 0.717) is 17.1 Å². The van der Waals surface area contributed by atoms with Gasteiger partial charge < -0.3 is 9.47 Å². The fourth-order valence-electron chi connectivity index (χ4n) is 2.18. The molecule has 0 saturated heterocycles. The molecule has 0 bridgehead atoms. The van der Waals surface area contributed by atoms with E-state index in [2.05, 4.69) is 10.9 Å². The van der Waals surface area contributed by atoms with Crippen LogP contribution in [-0.4, -0.2) is 24.5 Å². The van der Waals surface area contributed by atoms with E-state index in [1.54, 1.807) is 30.3 Å². The first kappa shape index (κ1) is 16.5. The molecule has 128 valence electrons. The molecule has 0 fully saturated rings. The molecule has 1 heterocycles. The number of benzene rings is 2. The number of hydrogen-bond acceptors (Lipinski definition) is 4. The average molecular weight is 342 g/mol. The first-order valence-electron chi connectivity index (χ1n) is 7.54. The fraction of sp³-hybridized carbons (Fsp3) is 0.111. The number of amides is 2. The Morgan fingerprint density at radius 1 is 1.08 bits per heavy atom. The molecule has 1 aliphatic rings. The van der Waals surface area contributed by atoms with Gasteiger partial charge in [0.1, 0.15) is 12.4 Å². The summed E-state index contributed by atoms with van der Waals surface area (Å²) in [5, 5.41) is 0. The second-order valence-electron chi connectivity index (χ2n) is 5.23. The number of carbonyl (C=O) groups excluding carboxylic acids is 2. The summed E-state index contributed by atoms with van der Waals surface area (Å²) in [6, 6.07) is 12.8. The van der Waals surface area contributed by atoms with E-state index in [0.717, 1.165) is 0 Å². The maximum Gasteiger partial charge on any atom is 0.283 e. The van der Waals surface area contributed by atoms with Gasteiger partial charge in [-0.3, -0.25) is 20.4 Å². The van der Waals surface area contributed by atoms with Crippen LogP contribution in [0.2, 0.25) is 0 Å². The van der Waals surface area contributed by atoms with E-state index in [4.69, 9.17) is 9.47 Å². The largest absolute Gasteiger partial charge is 0.485 e. The number of para-hydroxylation sites is 2. The second kappa shape index (κ2) is 7.48. The summed E-state index contributed by atoms with van der Waals surface area (Å²) < 4.78 is 24.0. The Labute approximate surface area is 143 Å². The molecule has 2 aromatic rings. The van der Waals surface area contributed by atoms with E-state index < -0.39 is 23.7 Å². The Hall–Kier alpha value is -3.35. The first-order chi connectivity index (χ1) is 12.1. The third kappa shape index (κ3) is 4.35. The standard InChI is InChI=1S/C18H15FN2O4/c19-13-5-3-4-12(10-13)8-9-17(22)20-21-18(23)16-11-24-14-6-1-2-7-15(14)25-16/h1-10,16H,11H2,(H,20,22)(H,21,23)/b9-8+/t16-/m0/s1. The molecule has 0 aromatic heterocycles. The molecule has 6 nitrogen and oxygen atoms in total. The molecule has 1 aliphatic heterocycles.